The lowest BCUT2D eigenvalue weighted by atomic mass is 10.2. The Morgan fingerprint density at radius 3 is 2.35 bits per heavy atom. The molecule has 0 saturated heterocycles. The van der Waals surface area contributed by atoms with Crippen molar-refractivity contribution in [3.63, 3.8) is 0 Å². The Bertz CT molecular complexity index is 259. The summed E-state index contributed by atoms with van der Waals surface area (Å²) in [7, 11) is 0. The highest BCUT2D eigenvalue weighted by molar-refractivity contribution is 5.80. The number of hydrogen-bond acceptors (Lipinski definition) is 4. The molecule has 0 aliphatic carbocycles. The van der Waals surface area contributed by atoms with Crippen LogP contribution < -0.4 is 5.32 Å². The predicted octanol–water partition coefficient (Wildman–Crippen LogP) is 1.39. The summed E-state index contributed by atoms with van der Waals surface area (Å²) >= 11 is 0. The fourth-order valence-electron chi connectivity index (χ4n) is 0.970. The number of ether oxygens (including phenoxy) is 2. The third-order valence-corrected chi connectivity index (χ3v) is 1.62. The third-order valence-electron chi connectivity index (χ3n) is 1.62. The lowest BCUT2D eigenvalue weighted by molar-refractivity contribution is -0.141. The lowest BCUT2D eigenvalue weighted by Crippen LogP contribution is -2.46. The Morgan fingerprint density at radius 2 is 1.94 bits per heavy atom. The second kappa shape index (κ2) is 7.11. The lowest BCUT2D eigenvalue weighted by Gasteiger charge is -2.21. The van der Waals surface area contributed by atoms with Crippen molar-refractivity contribution >= 4 is 12.1 Å². The van der Waals surface area contributed by atoms with Gasteiger partial charge in [0.1, 0.15) is 5.60 Å². The van der Waals surface area contributed by atoms with E-state index in [0.717, 1.165) is 6.42 Å². The van der Waals surface area contributed by atoms with Gasteiger partial charge in [-0.15, -0.1) is 0 Å². The zero-order valence-corrected chi connectivity index (χ0v) is 10.8. The normalized spacial score (nSPS) is 12.9. The Labute approximate surface area is 101 Å². The van der Waals surface area contributed by atoms with Crippen LogP contribution in [0.1, 0.15) is 34.1 Å². The molecule has 2 N–H and O–H groups in total. The maximum atomic E-state index is 11.4. The quantitative estimate of drug-likeness (QED) is 0.693. The van der Waals surface area contributed by atoms with Crippen molar-refractivity contribution in [2.75, 3.05) is 13.2 Å². The van der Waals surface area contributed by atoms with E-state index in [9.17, 15) is 9.59 Å². The van der Waals surface area contributed by atoms with Crippen LogP contribution in [-0.2, 0) is 14.3 Å². The van der Waals surface area contributed by atoms with Crippen molar-refractivity contribution in [1.82, 2.24) is 5.32 Å². The molecule has 0 radical (unpaired) electrons. The molecule has 6 nitrogen and oxygen atoms in total. The Morgan fingerprint density at radius 1 is 1.35 bits per heavy atom. The molecule has 0 rings (SSSR count). The Balaban J connectivity index is 4.16. The number of alkyl carbamates (subject to hydrolysis) is 1. The topological polar surface area (TPSA) is 84.9 Å². The molecule has 0 aromatic rings. The van der Waals surface area contributed by atoms with Crippen LogP contribution in [0.5, 0.6) is 0 Å². The van der Waals surface area contributed by atoms with E-state index in [2.05, 4.69) is 5.32 Å². The van der Waals surface area contributed by atoms with E-state index in [4.69, 9.17) is 14.6 Å². The van der Waals surface area contributed by atoms with Gasteiger partial charge in [-0.05, 0) is 27.2 Å². The van der Waals surface area contributed by atoms with Gasteiger partial charge in [-0.25, -0.2) is 9.59 Å². The van der Waals surface area contributed by atoms with Crippen LogP contribution in [0.3, 0.4) is 0 Å². The molecule has 0 bridgehead atoms. The molecule has 6 heteroatoms. The maximum Gasteiger partial charge on any atom is 0.408 e. The number of carboxylic acids is 1. The van der Waals surface area contributed by atoms with Crippen molar-refractivity contribution in [2.45, 2.75) is 45.8 Å². The molecular weight excluding hydrogens is 226 g/mol. The van der Waals surface area contributed by atoms with E-state index in [0.29, 0.717) is 6.61 Å². The van der Waals surface area contributed by atoms with Gasteiger partial charge in [-0.3, -0.25) is 0 Å². The van der Waals surface area contributed by atoms with Crippen LogP contribution in [0.4, 0.5) is 4.79 Å². The van der Waals surface area contributed by atoms with Crippen molar-refractivity contribution in [2.24, 2.45) is 0 Å². The zero-order valence-electron chi connectivity index (χ0n) is 10.8. The maximum absolute atomic E-state index is 11.4. The first-order valence-corrected chi connectivity index (χ1v) is 5.56. The molecule has 0 aliphatic heterocycles. The number of carboxylic acid groups (broad SMARTS) is 1. The molecule has 0 spiro atoms. The second-order valence-corrected chi connectivity index (χ2v) is 4.61. The van der Waals surface area contributed by atoms with Gasteiger partial charge in [-0.1, -0.05) is 6.92 Å². The van der Waals surface area contributed by atoms with Crippen molar-refractivity contribution in [3.05, 3.63) is 0 Å². The Kier molecular flexibility index (Phi) is 6.57. The number of amides is 1. The van der Waals surface area contributed by atoms with E-state index < -0.39 is 23.7 Å². The average Bonchev–Trinajstić information content (AvgIpc) is 2.13. The minimum Gasteiger partial charge on any atom is -0.480 e. The predicted molar refractivity (Wildman–Crippen MR) is 61.9 cm³/mol. The highest BCUT2D eigenvalue weighted by atomic mass is 16.6. The van der Waals surface area contributed by atoms with Gasteiger partial charge >= 0.3 is 12.1 Å². The Hall–Kier alpha value is -1.30. The first-order chi connectivity index (χ1) is 7.76. The van der Waals surface area contributed by atoms with Crippen molar-refractivity contribution in [3.8, 4) is 0 Å². The first kappa shape index (κ1) is 15.7. The summed E-state index contributed by atoms with van der Waals surface area (Å²) in [6.45, 7) is 7.42. The summed E-state index contributed by atoms with van der Waals surface area (Å²) in [6, 6.07) is -1.09. The average molecular weight is 247 g/mol. The molecule has 0 aromatic carbocycles. The molecule has 0 aliphatic rings. The van der Waals surface area contributed by atoms with Gasteiger partial charge in [0.15, 0.2) is 6.04 Å². The summed E-state index contributed by atoms with van der Waals surface area (Å²) in [6.07, 6.45) is 0.0312. The van der Waals surface area contributed by atoms with Crippen LogP contribution in [0, 0.1) is 0 Å². The molecule has 0 heterocycles. The van der Waals surface area contributed by atoms with E-state index in [-0.39, 0.29) is 6.61 Å². The molecule has 0 unspecified atom stereocenters. The molecule has 0 saturated carbocycles. The smallest absolute Gasteiger partial charge is 0.408 e. The molecule has 0 aromatic heterocycles. The van der Waals surface area contributed by atoms with E-state index in [1.165, 1.54) is 0 Å². The fourth-order valence-corrected chi connectivity index (χ4v) is 0.970. The number of carbonyl (C=O) groups excluding carboxylic acids is 1. The fraction of sp³-hybridized carbons (Fsp3) is 0.818. The van der Waals surface area contributed by atoms with Gasteiger partial charge in [0.25, 0.3) is 0 Å². The molecule has 1 atom stereocenters. The SMILES string of the molecule is CCCOC[C@H](NC(=O)OC(C)(C)C)C(=O)O. The minimum absolute atomic E-state index is 0.0670. The molecule has 17 heavy (non-hydrogen) atoms. The number of hydrogen-bond donors (Lipinski definition) is 2. The monoisotopic (exact) mass is 247 g/mol. The third kappa shape index (κ3) is 8.50. The summed E-state index contributed by atoms with van der Waals surface area (Å²) in [5.41, 5.74) is -0.655. The van der Waals surface area contributed by atoms with Crippen LogP contribution in [0.25, 0.3) is 0 Å². The van der Waals surface area contributed by atoms with Gasteiger partial charge < -0.3 is 19.9 Å². The van der Waals surface area contributed by atoms with Crippen LogP contribution in [-0.4, -0.2) is 42.0 Å². The van der Waals surface area contributed by atoms with Gasteiger partial charge in [0, 0.05) is 6.61 Å². The molecule has 0 fully saturated rings. The van der Waals surface area contributed by atoms with Gasteiger partial charge in [0.2, 0.25) is 0 Å². The first-order valence-electron chi connectivity index (χ1n) is 5.56. The molecule has 1 amide bonds. The van der Waals surface area contributed by atoms with Crippen molar-refractivity contribution < 1.29 is 24.2 Å². The summed E-state index contributed by atoms with van der Waals surface area (Å²) in [4.78, 5) is 22.2. The van der Waals surface area contributed by atoms with Gasteiger partial charge in [-0.2, -0.15) is 0 Å². The van der Waals surface area contributed by atoms with E-state index in [1.54, 1.807) is 20.8 Å². The zero-order chi connectivity index (χ0) is 13.5. The van der Waals surface area contributed by atoms with Crippen LogP contribution in [0.15, 0.2) is 0 Å². The van der Waals surface area contributed by atoms with Crippen LogP contribution in [0.2, 0.25) is 0 Å². The van der Waals surface area contributed by atoms with E-state index >= 15 is 0 Å². The van der Waals surface area contributed by atoms with Crippen molar-refractivity contribution in [1.29, 1.82) is 0 Å². The molecular formula is C11H21NO5. The standard InChI is InChI=1S/C11H21NO5/c1-5-6-16-7-8(9(13)14)12-10(15)17-11(2,3)4/h8H,5-7H2,1-4H3,(H,12,15)(H,13,14)/t8-/m0/s1. The summed E-state index contributed by atoms with van der Waals surface area (Å²) < 4.78 is 10.0. The highest BCUT2D eigenvalue weighted by Gasteiger charge is 2.23. The number of rotatable bonds is 6. The number of nitrogens with one attached hydrogen (secondary N) is 1. The van der Waals surface area contributed by atoms with E-state index in [1.807, 2.05) is 6.92 Å². The number of carbonyl (C=O) groups is 2. The summed E-state index contributed by atoms with van der Waals surface area (Å²) in [5, 5.41) is 11.1. The van der Waals surface area contributed by atoms with Crippen LogP contribution >= 0.6 is 0 Å². The molecule has 100 valence electrons. The second-order valence-electron chi connectivity index (χ2n) is 4.61. The number of aliphatic carboxylic acids is 1. The highest BCUT2D eigenvalue weighted by Crippen LogP contribution is 2.06. The van der Waals surface area contributed by atoms with Gasteiger partial charge in [0.05, 0.1) is 6.61 Å². The minimum atomic E-state index is -1.15. The summed E-state index contributed by atoms with van der Waals surface area (Å²) in [5.74, 6) is -1.15. The largest absolute Gasteiger partial charge is 0.480 e.